The van der Waals surface area contributed by atoms with E-state index in [0.29, 0.717) is 0 Å². The molecule has 0 unspecified atom stereocenters. The van der Waals surface area contributed by atoms with Crippen LogP contribution in [0.5, 0.6) is 5.75 Å². The summed E-state index contributed by atoms with van der Waals surface area (Å²) in [5.41, 5.74) is 8.17. The first-order valence-corrected chi connectivity index (χ1v) is 5.76. The predicted molar refractivity (Wildman–Crippen MR) is 68.1 cm³/mol. The van der Waals surface area contributed by atoms with E-state index in [1.54, 1.807) is 7.11 Å². The lowest BCUT2D eigenvalue weighted by Crippen LogP contribution is -2.38. The summed E-state index contributed by atoms with van der Waals surface area (Å²) >= 11 is 0. The van der Waals surface area contributed by atoms with Gasteiger partial charge in [0.05, 0.1) is 18.5 Å². The second kappa shape index (κ2) is 3.89. The van der Waals surface area contributed by atoms with E-state index in [0.717, 1.165) is 23.7 Å². The van der Waals surface area contributed by atoms with E-state index < -0.39 is 0 Å². The number of anilines is 2. The van der Waals surface area contributed by atoms with Gasteiger partial charge in [-0.25, -0.2) is 0 Å². The third-order valence-corrected chi connectivity index (χ3v) is 3.43. The van der Waals surface area contributed by atoms with Crippen LogP contribution in [0.3, 0.4) is 0 Å². The fourth-order valence-electron chi connectivity index (χ4n) is 2.44. The molecule has 2 rings (SSSR count). The molecule has 0 spiro atoms. The summed E-state index contributed by atoms with van der Waals surface area (Å²) in [7, 11) is 1.68. The lowest BCUT2D eigenvalue weighted by atomic mass is 10.0. The van der Waals surface area contributed by atoms with Crippen LogP contribution in [0.25, 0.3) is 0 Å². The molecule has 1 heterocycles. The maximum absolute atomic E-state index is 6.05. The Morgan fingerprint density at radius 1 is 1.38 bits per heavy atom. The van der Waals surface area contributed by atoms with Crippen LogP contribution in [0, 0.1) is 0 Å². The zero-order valence-corrected chi connectivity index (χ0v) is 10.3. The van der Waals surface area contributed by atoms with Crippen molar-refractivity contribution in [1.82, 2.24) is 0 Å². The molecule has 1 aromatic carbocycles. The van der Waals surface area contributed by atoms with Gasteiger partial charge < -0.3 is 15.4 Å². The van der Waals surface area contributed by atoms with E-state index in [9.17, 15) is 0 Å². The predicted octanol–water partition coefficient (Wildman–Crippen LogP) is 2.66. The second-order valence-electron chi connectivity index (χ2n) is 4.99. The van der Waals surface area contributed by atoms with Crippen molar-refractivity contribution in [2.45, 2.75) is 32.2 Å². The van der Waals surface area contributed by atoms with Crippen LogP contribution in [0.1, 0.15) is 26.7 Å². The molecule has 3 nitrogen and oxygen atoms in total. The van der Waals surface area contributed by atoms with Crippen LogP contribution < -0.4 is 15.4 Å². The number of nitrogens with zero attached hydrogens (tertiary/aromatic N) is 1. The maximum atomic E-state index is 6.05. The largest absolute Gasteiger partial charge is 0.497 e. The number of ether oxygens (including phenoxy) is 1. The van der Waals surface area contributed by atoms with Crippen molar-refractivity contribution in [2.75, 3.05) is 24.3 Å². The fourth-order valence-corrected chi connectivity index (χ4v) is 2.44. The topological polar surface area (TPSA) is 38.5 Å². The Morgan fingerprint density at radius 3 is 2.69 bits per heavy atom. The Kier molecular flexibility index (Phi) is 2.70. The molecule has 0 bridgehead atoms. The van der Waals surface area contributed by atoms with Gasteiger partial charge in [0, 0.05) is 18.2 Å². The SMILES string of the molecule is COc1ccc(N)c(N2CCCC2(C)C)c1. The first-order valence-electron chi connectivity index (χ1n) is 5.76. The van der Waals surface area contributed by atoms with Crippen molar-refractivity contribution in [3.63, 3.8) is 0 Å². The molecule has 3 heteroatoms. The molecule has 0 atom stereocenters. The number of hydrogen-bond donors (Lipinski definition) is 1. The Morgan fingerprint density at radius 2 is 2.12 bits per heavy atom. The van der Waals surface area contributed by atoms with Gasteiger partial charge in [-0.2, -0.15) is 0 Å². The summed E-state index contributed by atoms with van der Waals surface area (Å²) in [4.78, 5) is 2.38. The van der Waals surface area contributed by atoms with Crippen LogP contribution in [0.2, 0.25) is 0 Å². The Labute approximate surface area is 97.2 Å². The monoisotopic (exact) mass is 220 g/mol. The molecule has 16 heavy (non-hydrogen) atoms. The minimum Gasteiger partial charge on any atom is -0.497 e. The summed E-state index contributed by atoms with van der Waals surface area (Å²) in [5, 5.41) is 0. The Balaban J connectivity index is 2.39. The number of benzene rings is 1. The standard InChI is InChI=1S/C13H20N2O/c1-13(2)7-4-8-15(13)12-9-10(16-3)5-6-11(12)14/h5-6,9H,4,7-8,14H2,1-3H3. The first-order chi connectivity index (χ1) is 7.54. The van der Waals surface area contributed by atoms with Gasteiger partial charge in [0.15, 0.2) is 0 Å². The Hall–Kier alpha value is -1.38. The van der Waals surface area contributed by atoms with Crippen molar-refractivity contribution in [2.24, 2.45) is 0 Å². The van der Waals surface area contributed by atoms with Crippen molar-refractivity contribution in [3.8, 4) is 5.75 Å². The molecule has 88 valence electrons. The van der Waals surface area contributed by atoms with Crippen LogP contribution in [0.4, 0.5) is 11.4 Å². The number of methoxy groups -OCH3 is 1. The summed E-state index contributed by atoms with van der Waals surface area (Å²) < 4.78 is 5.26. The summed E-state index contributed by atoms with van der Waals surface area (Å²) in [5.74, 6) is 0.868. The zero-order chi connectivity index (χ0) is 11.8. The third kappa shape index (κ3) is 1.82. The summed E-state index contributed by atoms with van der Waals surface area (Å²) in [6.45, 7) is 5.60. The fraction of sp³-hybridized carbons (Fsp3) is 0.538. The van der Waals surface area contributed by atoms with Gasteiger partial charge >= 0.3 is 0 Å². The molecule has 0 amide bonds. The van der Waals surface area contributed by atoms with E-state index in [1.165, 1.54) is 12.8 Å². The van der Waals surface area contributed by atoms with E-state index >= 15 is 0 Å². The minimum absolute atomic E-state index is 0.195. The second-order valence-corrected chi connectivity index (χ2v) is 4.99. The normalized spacial score (nSPS) is 18.8. The van der Waals surface area contributed by atoms with Gasteiger partial charge in [-0.3, -0.25) is 0 Å². The number of nitrogens with two attached hydrogens (primary N) is 1. The highest BCUT2D eigenvalue weighted by Crippen LogP contribution is 2.38. The molecule has 0 saturated carbocycles. The molecule has 2 N–H and O–H groups in total. The van der Waals surface area contributed by atoms with Gasteiger partial charge in [-0.1, -0.05) is 0 Å². The van der Waals surface area contributed by atoms with Crippen molar-refractivity contribution < 1.29 is 4.74 Å². The van der Waals surface area contributed by atoms with Gasteiger partial charge in [-0.15, -0.1) is 0 Å². The molecule has 0 aliphatic carbocycles. The zero-order valence-electron chi connectivity index (χ0n) is 10.3. The minimum atomic E-state index is 0.195. The molecule has 0 radical (unpaired) electrons. The molecule has 0 aromatic heterocycles. The quantitative estimate of drug-likeness (QED) is 0.779. The lowest BCUT2D eigenvalue weighted by molar-refractivity contribution is 0.414. The van der Waals surface area contributed by atoms with Crippen molar-refractivity contribution >= 4 is 11.4 Å². The smallest absolute Gasteiger partial charge is 0.121 e. The van der Waals surface area contributed by atoms with Crippen molar-refractivity contribution in [3.05, 3.63) is 18.2 Å². The van der Waals surface area contributed by atoms with Gasteiger partial charge in [0.1, 0.15) is 5.75 Å². The maximum Gasteiger partial charge on any atom is 0.121 e. The van der Waals surface area contributed by atoms with E-state index in [-0.39, 0.29) is 5.54 Å². The van der Waals surface area contributed by atoms with E-state index in [1.807, 2.05) is 18.2 Å². The van der Waals surface area contributed by atoms with Gasteiger partial charge in [0.25, 0.3) is 0 Å². The van der Waals surface area contributed by atoms with Crippen LogP contribution in [-0.4, -0.2) is 19.2 Å². The van der Waals surface area contributed by atoms with Gasteiger partial charge in [0.2, 0.25) is 0 Å². The number of nitrogen functional groups attached to an aromatic ring is 1. The van der Waals surface area contributed by atoms with E-state index in [2.05, 4.69) is 18.7 Å². The highest BCUT2D eigenvalue weighted by atomic mass is 16.5. The molecule has 1 fully saturated rings. The molecule has 1 aliphatic rings. The lowest BCUT2D eigenvalue weighted by Gasteiger charge is -2.34. The molecular weight excluding hydrogens is 200 g/mol. The van der Waals surface area contributed by atoms with E-state index in [4.69, 9.17) is 10.5 Å². The van der Waals surface area contributed by atoms with Crippen molar-refractivity contribution in [1.29, 1.82) is 0 Å². The number of hydrogen-bond acceptors (Lipinski definition) is 3. The number of rotatable bonds is 2. The van der Waals surface area contributed by atoms with Crippen LogP contribution in [-0.2, 0) is 0 Å². The Bertz CT molecular complexity index is 388. The van der Waals surface area contributed by atoms with Gasteiger partial charge in [-0.05, 0) is 38.8 Å². The first kappa shape index (κ1) is 11.1. The third-order valence-electron chi connectivity index (χ3n) is 3.43. The average molecular weight is 220 g/mol. The molecule has 1 saturated heterocycles. The summed E-state index contributed by atoms with van der Waals surface area (Å²) in [6.07, 6.45) is 2.44. The molecule has 1 aliphatic heterocycles. The summed E-state index contributed by atoms with van der Waals surface area (Å²) in [6, 6.07) is 5.85. The highest BCUT2D eigenvalue weighted by molar-refractivity contribution is 5.71. The molecular formula is C13H20N2O. The highest BCUT2D eigenvalue weighted by Gasteiger charge is 2.32. The molecule has 1 aromatic rings. The van der Waals surface area contributed by atoms with Crippen LogP contribution in [0.15, 0.2) is 18.2 Å². The average Bonchev–Trinajstić information content (AvgIpc) is 2.59. The van der Waals surface area contributed by atoms with Crippen LogP contribution >= 0.6 is 0 Å².